The smallest absolute Gasteiger partial charge is 0.258 e. The van der Waals surface area contributed by atoms with Crippen LogP contribution in [0.5, 0.6) is 23.0 Å². The standard InChI is InChI=1S/C19H23NO5/c1-4-24-15-7-5-14(6-8-15)12-20-19(21)13-25-18-10-16(22-2)9-17(11-18)23-3/h5-11H,4,12-13H2,1-3H3,(H,20,21). The molecule has 6 heteroatoms. The first kappa shape index (κ1) is 18.4. The maximum absolute atomic E-state index is 11.9. The van der Waals surface area contributed by atoms with Crippen molar-refractivity contribution in [1.82, 2.24) is 5.32 Å². The first-order valence-electron chi connectivity index (χ1n) is 7.99. The molecule has 0 aliphatic rings. The fourth-order valence-electron chi connectivity index (χ4n) is 2.14. The van der Waals surface area contributed by atoms with Gasteiger partial charge in [0.2, 0.25) is 0 Å². The lowest BCUT2D eigenvalue weighted by molar-refractivity contribution is -0.123. The maximum atomic E-state index is 11.9. The van der Waals surface area contributed by atoms with Gasteiger partial charge in [0.1, 0.15) is 23.0 Å². The van der Waals surface area contributed by atoms with Gasteiger partial charge in [-0.1, -0.05) is 12.1 Å². The zero-order chi connectivity index (χ0) is 18.1. The van der Waals surface area contributed by atoms with Gasteiger partial charge in [0, 0.05) is 24.7 Å². The van der Waals surface area contributed by atoms with E-state index in [1.165, 1.54) is 0 Å². The first-order valence-corrected chi connectivity index (χ1v) is 7.99. The van der Waals surface area contributed by atoms with Crippen molar-refractivity contribution < 1.29 is 23.7 Å². The Bertz CT molecular complexity index is 662. The summed E-state index contributed by atoms with van der Waals surface area (Å²) in [6.07, 6.45) is 0. The number of benzene rings is 2. The third-order valence-corrected chi connectivity index (χ3v) is 3.42. The summed E-state index contributed by atoms with van der Waals surface area (Å²) in [6.45, 7) is 2.90. The minimum Gasteiger partial charge on any atom is -0.496 e. The van der Waals surface area contributed by atoms with Crippen LogP contribution >= 0.6 is 0 Å². The minimum atomic E-state index is -0.212. The molecule has 0 aromatic heterocycles. The van der Waals surface area contributed by atoms with Gasteiger partial charge in [0.05, 0.1) is 20.8 Å². The third kappa shape index (κ3) is 5.91. The summed E-state index contributed by atoms with van der Waals surface area (Å²) in [7, 11) is 3.12. The Hall–Kier alpha value is -2.89. The lowest BCUT2D eigenvalue weighted by Crippen LogP contribution is -2.28. The molecular formula is C19H23NO5. The predicted molar refractivity (Wildman–Crippen MR) is 94.5 cm³/mol. The summed E-state index contributed by atoms with van der Waals surface area (Å²) in [5.41, 5.74) is 0.986. The van der Waals surface area contributed by atoms with E-state index in [1.54, 1.807) is 32.4 Å². The van der Waals surface area contributed by atoms with Gasteiger partial charge >= 0.3 is 0 Å². The van der Waals surface area contributed by atoms with E-state index in [4.69, 9.17) is 18.9 Å². The number of hydrogen-bond acceptors (Lipinski definition) is 5. The topological polar surface area (TPSA) is 66.0 Å². The summed E-state index contributed by atoms with van der Waals surface area (Å²) < 4.78 is 21.2. The van der Waals surface area contributed by atoms with Crippen LogP contribution in [0.15, 0.2) is 42.5 Å². The summed E-state index contributed by atoms with van der Waals surface area (Å²) in [6, 6.07) is 12.7. The van der Waals surface area contributed by atoms with Crippen LogP contribution in [0.3, 0.4) is 0 Å². The molecule has 1 amide bonds. The molecular weight excluding hydrogens is 322 g/mol. The quantitative estimate of drug-likeness (QED) is 0.757. The van der Waals surface area contributed by atoms with Crippen LogP contribution in [0.4, 0.5) is 0 Å². The molecule has 25 heavy (non-hydrogen) atoms. The molecule has 6 nitrogen and oxygen atoms in total. The molecule has 0 saturated heterocycles. The van der Waals surface area contributed by atoms with Crippen LogP contribution in [0, 0.1) is 0 Å². The highest BCUT2D eigenvalue weighted by molar-refractivity contribution is 5.77. The van der Waals surface area contributed by atoms with Crippen LogP contribution in [0.25, 0.3) is 0 Å². The summed E-state index contributed by atoms with van der Waals surface area (Å²) in [5.74, 6) is 2.31. The zero-order valence-electron chi connectivity index (χ0n) is 14.7. The number of carbonyl (C=O) groups is 1. The molecule has 134 valence electrons. The van der Waals surface area contributed by atoms with Crippen LogP contribution in [0.2, 0.25) is 0 Å². The van der Waals surface area contributed by atoms with Gasteiger partial charge in [0.15, 0.2) is 6.61 Å². The second kappa shape index (κ2) is 9.42. The Morgan fingerprint density at radius 3 is 2.04 bits per heavy atom. The number of hydrogen-bond donors (Lipinski definition) is 1. The van der Waals surface area contributed by atoms with E-state index in [-0.39, 0.29) is 12.5 Å². The van der Waals surface area contributed by atoms with Crippen LogP contribution in [-0.2, 0) is 11.3 Å². The molecule has 0 saturated carbocycles. The average Bonchev–Trinajstić information content (AvgIpc) is 2.65. The predicted octanol–water partition coefficient (Wildman–Crippen LogP) is 2.80. The Morgan fingerprint density at radius 2 is 1.48 bits per heavy atom. The van der Waals surface area contributed by atoms with Crippen molar-refractivity contribution in [2.24, 2.45) is 0 Å². The third-order valence-electron chi connectivity index (χ3n) is 3.42. The Morgan fingerprint density at radius 1 is 0.880 bits per heavy atom. The molecule has 0 bridgehead atoms. The van der Waals surface area contributed by atoms with E-state index in [9.17, 15) is 4.79 Å². The SMILES string of the molecule is CCOc1ccc(CNC(=O)COc2cc(OC)cc(OC)c2)cc1. The van der Waals surface area contributed by atoms with Crippen molar-refractivity contribution in [3.63, 3.8) is 0 Å². The molecule has 0 heterocycles. The van der Waals surface area contributed by atoms with Gasteiger partial charge in [-0.2, -0.15) is 0 Å². The molecule has 2 aromatic rings. The number of ether oxygens (including phenoxy) is 4. The number of rotatable bonds is 9. The van der Waals surface area contributed by atoms with Crippen molar-refractivity contribution in [1.29, 1.82) is 0 Å². The maximum Gasteiger partial charge on any atom is 0.258 e. The normalized spacial score (nSPS) is 10.0. The number of carbonyl (C=O) groups excluding carboxylic acids is 1. The van der Waals surface area contributed by atoms with Crippen molar-refractivity contribution in [2.75, 3.05) is 27.4 Å². The average molecular weight is 345 g/mol. The molecule has 0 fully saturated rings. The highest BCUT2D eigenvalue weighted by Gasteiger charge is 2.06. The Balaban J connectivity index is 1.82. The molecule has 1 N–H and O–H groups in total. The lowest BCUT2D eigenvalue weighted by atomic mass is 10.2. The Labute approximate surface area is 147 Å². The van der Waals surface area contributed by atoms with E-state index < -0.39 is 0 Å². The fraction of sp³-hybridized carbons (Fsp3) is 0.316. The summed E-state index contributed by atoms with van der Waals surface area (Å²) in [5, 5.41) is 2.81. The van der Waals surface area contributed by atoms with Crippen LogP contribution in [0.1, 0.15) is 12.5 Å². The number of nitrogens with one attached hydrogen (secondary N) is 1. The van der Waals surface area contributed by atoms with Gasteiger partial charge in [-0.25, -0.2) is 0 Å². The summed E-state index contributed by atoms with van der Waals surface area (Å²) >= 11 is 0. The largest absolute Gasteiger partial charge is 0.496 e. The molecule has 2 rings (SSSR count). The van der Waals surface area contributed by atoms with Crippen molar-refractivity contribution in [2.45, 2.75) is 13.5 Å². The molecule has 2 aromatic carbocycles. The molecule has 0 aliphatic carbocycles. The number of amides is 1. The molecule has 0 spiro atoms. The minimum absolute atomic E-state index is 0.0899. The molecule has 0 unspecified atom stereocenters. The second-order valence-corrected chi connectivity index (χ2v) is 5.19. The Kier molecular flexibility index (Phi) is 6.95. The molecule has 0 atom stereocenters. The van der Waals surface area contributed by atoms with E-state index in [0.717, 1.165) is 11.3 Å². The van der Waals surface area contributed by atoms with Crippen LogP contribution in [-0.4, -0.2) is 33.3 Å². The molecule has 0 aliphatic heterocycles. The van der Waals surface area contributed by atoms with Crippen LogP contribution < -0.4 is 24.3 Å². The van der Waals surface area contributed by atoms with E-state index in [0.29, 0.717) is 30.4 Å². The van der Waals surface area contributed by atoms with Crippen molar-refractivity contribution in [3.05, 3.63) is 48.0 Å². The first-order chi connectivity index (χ1) is 12.1. The lowest BCUT2D eigenvalue weighted by Gasteiger charge is -2.11. The highest BCUT2D eigenvalue weighted by Crippen LogP contribution is 2.27. The highest BCUT2D eigenvalue weighted by atomic mass is 16.5. The molecule has 0 radical (unpaired) electrons. The van der Waals surface area contributed by atoms with Crippen molar-refractivity contribution in [3.8, 4) is 23.0 Å². The van der Waals surface area contributed by atoms with Gasteiger partial charge in [-0.3, -0.25) is 4.79 Å². The van der Waals surface area contributed by atoms with E-state index in [1.807, 2.05) is 31.2 Å². The van der Waals surface area contributed by atoms with Crippen molar-refractivity contribution >= 4 is 5.91 Å². The van der Waals surface area contributed by atoms with Gasteiger partial charge in [-0.05, 0) is 24.6 Å². The van der Waals surface area contributed by atoms with Gasteiger partial charge in [0.25, 0.3) is 5.91 Å². The number of methoxy groups -OCH3 is 2. The summed E-state index contributed by atoms with van der Waals surface area (Å²) in [4.78, 5) is 11.9. The van der Waals surface area contributed by atoms with Gasteiger partial charge < -0.3 is 24.3 Å². The van der Waals surface area contributed by atoms with E-state index in [2.05, 4.69) is 5.32 Å². The zero-order valence-corrected chi connectivity index (χ0v) is 14.7. The monoisotopic (exact) mass is 345 g/mol. The van der Waals surface area contributed by atoms with Gasteiger partial charge in [-0.15, -0.1) is 0 Å². The van der Waals surface area contributed by atoms with E-state index >= 15 is 0 Å². The fourth-order valence-corrected chi connectivity index (χ4v) is 2.14. The second-order valence-electron chi connectivity index (χ2n) is 5.19.